The van der Waals surface area contributed by atoms with Crippen molar-refractivity contribution in [3.8, 4) is 0 Å². The lowest BCUT2D eigenvalue weighted by Crippen LogP contribution is -2.26. The number of benzene rings is 1. The number of carbonyl (C=O) groups excluding carboxylic acids is 1. The predicted octanol–water partition coefficient (Wildman–Crippen LogP) is 3.26. The van der Waals surface area contributed by atoms with Crippen molar-refractivity contribution in [2.45, 2.75) is 6.54 Å². The predicted molar refractivity (Wildman–Crippen MR) is 74.1 cm³/mol. The van der Waals surface area contributed by atoms with Gasteiger partial charge in [-0.1, -0.05) is 6.07 Å². The molecule has 1 aromatic carbocycles. The summed E-state index contributed by atoms with van der Waals surface area (Å²) in [6.45, 7) is 0.411. The quantitative estimate of drug-likeness (QED) is 0.869. The number of pyridine rings is 1. The Morgan fingerprint density at radius 1 is 1.37 bits per heavy atom. The molecule has 0 spiro atoms. The highest BCUT2D eigenvalue weighted by Gasteiger charge is 2.13. The van der Waals surface area contributed by atoms with Crippen LogP contribution in [0.25, 0.3) is 0 Å². The highest BCUT2D eigenvalue weighted by atomic mass is 79.9. The third-order valence-corrected chi connectivity index (χ3v) is 3.25. The van der Waals surface area contributed by atoms with Gasteiger partial charge in [0.05, 0.1) is 16.7 Å². The summed E-state index contributed by atoms with van der Waals surface area (Å²) in [6, 6.07) is 9.76. The maximum Gasteiger partial charge on any atom is 0.253 e. The van der Waals surface area contributed by atoms with E-state index in [1.165, 1.54) is 18.2 Å². The molecule has 1 heterocycles. The van der Waals surface area contributed by atoms with E-state index in [-0.39, 0.29) is 16.2 Å². The van der Waals surface area contributed by atoms with Crippen molar-refractivity contribution in [2.24, 2.45) is 0 Å². The Kier molecular flexibility index (Phi) is 4.27. The standard InChI is InChI=1S/C14H12BrFN2O/c1-18(9-11-4-2-3-7-17-11)14(19)10-5-6-13(16)12(15)8-10/h2-8H,9H2,1H3. The zero-order chi connectivity index (χ0) is 13.8. The Labute approximate surface area is 119 Å². The topological polar surface area (TPSA) is 33.2 Å². The summed E-state index contributed by atoms with van der Waals surface area (Å²) in [4.78, 5) is 17.9. The van der Waals surface area contributed by atoms with E-state index in [1.54, 1.807) is 18.1 Å². The molecule has 0 unspecified atom stereocenters. The molecule has 2 rings (SSSR count). The average Bonchev–Trinajstić information content (AvgIpc) is 2.42. The Morgan fingerprint density at radius 3 is 2.79 bits per heavy atom. The minimum Gasteiger partial charge on any atom is -0.336 e. The summed E-state index contributed by atoms with van der Waals surface area (Å²) < 4.78 is 13.4. The van der Waals surface area contributed by atoms with Gasteiger partial charge >= 0.3 is 0 Å². The van der Waals surface area contributed by atoms with Gasteiger partial charge in [0, 0.05) is 18.8 Å². The molecule has 0 fully saturated rings. The second-order valence-corrected chi connectivity index (χ2v) is 4.97. The van der Waals surface area contributed by atoms with Crippen LogP contribution in [0.5, 0.6) is 0 Å². The van der Waals surface area contributed by atoms with Gasteiger partial charge in [-0.2, -0.15) is 0 Å². The zero-order valence-corrected chi connectivity index (χ0v) is 11.9. The summed E-state index contributed by atoms with van der Waals surface area (Å²) in [5, 5.41) is 0. The molecular formula is C14H12BrFN2O. The fourth-order valence-corrected chi connectivity index (χ4v) is 2.03. The molecule has 19 heavy (non-hydrogen) atoms. The smallest absolute Gasteiger partial charge is 0.253 e. The van der Waals surface area contributed by atoms with Crippen molar-refractivity contribution in [1.82, 2.24) is 9.88 Å². The lowest BCUT2D eigenvalue weighted by atomic mass is 10.2. The Morgan fingerprint density at radius 2 is 2.16 bits per heavy atom. The summed E-state index contributed by atoms with van der Waals surface area (Å²) in [5.74, 6) is -0.560. The second kappa shape index (κ2) is 5.93. The molecule has 1 aromatic heterocycles. The number of hydrogen-bond acceptors (Lipinski definition) is 2. The third-order valence-electron chi connectivity index (χ3n) is 2.64. The van der Waals surface area contributed by atoms with E-state index in [4.69, 9.17) is 0 Å². The van der Waals surface area contributed by atoms with E-state index in [0.29, 0.717) is 12.1 Å². The van der Waals surface area contributed by atoms with Gasteiger partial charge in [-0.15, -0.1) is 0 Å². The van der Waals surface area contributed by atoms with Gasteiger partial charge in [0.2, 0.25) is 0 Å². The molecule has 2 aromatic rings. The molecule has 3 nitrogen and oxygen atoms in total. The molecule has 0 bridgehead atoms. The minimum atomic E-state index is -0.385. The number of nitrogens with zero attached hydrogens (tertiary/aromatic N) is 2. The van der Waals surface area contributed by atoms with Gasteiger partial charge in [-0.3, -0.25) is 9.78 Å². The van der Waals surface area contributed by atoms with Crippen LogP contribution in [-0.4, -0.2) is 22.8 Å². The molecule has 0 aliphatic rings. The van der Waals surface area contributed by atoms with E-state index in [2.05, 4.69) is 20.9 Å². The van der Waals surface area contributed by atoms with E-state index in [9.17, 15) is 9.18 Å². The minimum absolute atomic E-state index is 0.175. The highest BCUT2D eigenvalue weighted by Crippen LogP contribution is 2.18. The molecule has 0 saturated carbocycles. The lowest BCUT2D eigenvalue weighted by Gasteiger charge is -2.16. The number of hydrogen-bond donors (Lipinski definition) is 0. The number of rotatable bonds is 3. The van der Waals surface area contributed by atoms with Crippen LogP contribution in [0.3, 0.4) is 0 Å². The van der Waals surface area contributed by atoms with Crippen LogP contribution in [0.4, 0.5) is 4.39 Å². The molecule has 0 radical (unpaired) electrons. The number of halogens is 2. The summed E-state index contributed by atoms with van der Waals surface area (Å²) >= 11 is 3.07. The average molecular weight is 323 g/mol. The van der Waals surface area contributed by atoms with Gasteiger partial charge in [0.25, 0.3) is 5.91 Å². The third kappa shape index (κ3) is 3.38. The molecule has 0 saturated heterocycles. The summed E-state index contributed by atoms with van der Waals surface area (Å²) in [6.07, 6.45) is 1.68. The normalized spacial score (nSPS) is 10.3. The van der Waals surface area contributed by atoms with Gasteiger partial charge < -0.3 is 4.90 Å². The van der Waals surface area contributed by atoms with Crippen LogP contribution in [0.15, 0.2) is 47.1 Å². The van der Waals surface area contributed by atoms with Crippen LogP contribution >= 0.6 is 15.9 Å². The van der Waals surface area contributed by atoms with Gasteiger partial charge in [-0.05, 0) is 46.3 Å². The first-order chi connectivity index (χ1) is 9.08. The van der Waals surface area contributed by atoms with Crippen molar-refractivity contribution >= 4 is 21.8 Å². The Hall–Kier alpha value is -1.75. The lowest BCUT2D eigenvalue weighted by molar-refractivity contribution is 0.0783. The first-order valence-electron chi connectivity index (χ1n) is 5.68. The molecule has 98 valence electrons. The number of aromatic nitrogens is 1. The Bertz CT molecular complexity index is 589. The largest absolute Gasteiger partial charge is 0.336 e. The van der Waals surface area contributed by atoms with Crippen molar-refractivity contribution in [1.29, 1.82) is 0 Å². The first-order valence-corrected chi connectivity index (χ1v) is 6.47. The maximum absolute atomic E-state index is 13.1. The van der Waals surface area contributed by atoms with Crippen LogP contribution < -0.4 is 0 Å². The molecule has 0 atom stereocenters. The van der Waals surface area contributed by atoms with E-state index < -0.39 is 0 Å². The fourth-order valence-electron chi connectivity index (χ4n) is 1.66. The summed E-state index contributed by atoms with van der Waals surface area (Å²) in [7, 11) is 1.69. The molecular weight excluding hydrogens is 311 g/mol. The van der Waals surface area contributed by atoms with Gasteiger partial charge in [0.1, 0.15) is 5.82 Å². The van der Waals surface area contributed by atoms with Crippen LogP contribution in [0.1, 0.15) is 16.1 Å². The molecule has 0 aliphatic heterocycles. The maximum atomic E-state index is 13.1. The SMILES string of the molecule is CN(Cc1ccccn1)C(=O)c1ccc(F)c(Br)c1. The van der Waals surface area contributed by atoms with Crippen molar-refractivity contribution < 1.29 is 9.18 Å². The van der Waals surface area contributed by atoms with Crippen molar-refractivity contribution in [3.63, 3.8) is 0 Å². The highest BCUT2D eigenvalue weighted by molar-refractivity contribution is 9.10. The second-order valence-electron chi connectivity index (χ2n) is 4.11. The van der Waals surface area contributed by atoms with Crippen molar-refractivity contribution in [3.05, 3.63) is 64.1 Å². The zero-order valence-electron chi connectivity index (χ0n) is 10.3. The molecule has 5 heteroatoms. The van der Waals surface area contributed by atoms with Crippen molar-refractivity contribution in [2.75, 3.05) is 7.05 Å². The number of amides is 1. The van der Waals surface area contributed by atoms with Crippen LogP contribution in [0.2, 0.25) is 0 Å². The molecule has 1 amide bonds. The molecule has 0 aliphatic carbocycles. The summed E-state index contributed by atoms with van der Waals surface area (Å²) in [5.41, 5.74) is 1.24. The van der Waals surface area contributed by atoms with Gasteiger partial charge in [0.15, 0.2) is 0 Å². The van der Waals surface area contributed by atoms with Crippen LogP contribution in [0, 0.1) is 5.82 Å². The monoisotopic (exact) mass is 322 g/mol. The van der Waals surface area contributed by atoms with Crippen LogP contribution in [-0.2, 0) is 6.54 Å². The fraction of sp³-hybridized carbons (Fsp3) is 0.143. The molecule has 0 N–H and O–H groups in total. The first kappa shape index (κ1) is 13.7. The number of carbonyl (C=O) groups is 1. The Balaban J connectivity index is 2.12. The van der Waals surface area contributed by atoms with E-state index in [0.717, 1.165) is 5.69 Å². The van der Waals surface area contributed by atoms with E-state index >= 15 is 0 Å². The van der Waals surface area contributed by atoms with E-state index in [1.807, 2.05) is 18.2 Å². The van der Waals surface area contributed by atoms with Gasteiger partial charge in [-0.25, -0.2) is 4.39 Å².